The van der Waals surface area contributed by atoms with Gasteiger partial charge in [0.15, 0.2) is 4.34 Å². The van der Waals surface area contributed by atoms with Crippen LogP contribution < -0.4 is 10.5 Å². The number of rotatable bonds is 6. The van der Waals surface area contributed by atoms with Gasteiger partial charge >= 0.3 is 0 Å². The van der Waals surface area contributed by atoms with Crippen molar-refractivity contribution in [1.29, 1.82) is 0 Å². The lowest BCUT2D eigenvalue weighted by Gasteiger charge is -2.07. The fourth-order valence-electron chi connectivity index (χ4n) is 1.79. The van der Waals surface area contributed by atoms with Crippen LogP contribution >= 0.6 is 23.1 Å². The maximum atomic E-state index is 5.73. The molecule has 0 aliphatic carbocycles. The molecule has 0 saturated heterocycles. The number of thioether (sulfide) groups is 1. The molecule has 0 bridgehead atoms. The third-order valence-electron chi connectivity index (χ3n) is 3.00. The Kier molecular flexibility index (Phi) is 4.59. The molecular formula is C14H15N5OS2. The maximum absolute atomic E-state index is 5.73. The van der Waals surface area contributed by atoms with Gasteiger partial charge in [0.25, 0.3) is 0 Å². The number of hydrogen-bond acceptors (Lipinski definition) is 7. The van der Waals surface area contributed by atoms with Crippen LogP contribution in [0.2, 0.25) is 0 Å². The first-order valence-electron chi connectivity index (χ1n) is 6.60. The molecule has 6 nitrogen and oxygen atoms in total. The van der Waals surface area contributed by atoms with E-state index >= 15 is 0 Å². The second-order valence-electron chi connectivity index (χ2n) is 4.58. The number of imidazole rings is 1. The van der Waals surface area contributed by atoms with Crippen molar-refractivity contribution in [3.8, 4) is 5.75 Å². The van der Waals surface area contributed by atoms with Gasteiger partial charge in [-0.2, -0.15) is 0 Å². The highest BCUT2D eigenvalue weighted by atomic mass is 32.2. The summed E-state index contributed by atoms with van der Waals surface area (Å²) in [6.45, 7) is 0.460. The molecule has 0 fully saturated rings. The van der Waals surface area contributed by atoms with Crippen molar-refractivity contribution in [1.82, 2.24) is 19.7 Å². The second-order valence-corrected chi connectivity index (χ2v) is 6.81. The Labute approximate surface area is 136 Å². The molecule has 0 saturated carbocycles. The quantitative estimate of drug-likeness (QED) is 0.699. The Morgan fingerprint density at radius 3 is 2.73 bits per heavy atom. The summed E-state index contributed by atoms with van der Waals surface area (Å²) < 4.78 is 8.55. The molecule has 0 radical (unpaired) electrons. The van der Waals surface area contributed by atoms with E-state index in [1.54, 1.807) is 18.0 Å². The summed E-state index contributed by atoms with van der Waals surface area (Å²) in [4.78, 5) is 4.23. The van der Waals surface area contributed by atoms with Crippen LogP contribution in [-0.4, -0.2) is 19.7 Å². The van der Waals surface area contributed by atoms with Gasteiger partial charge < -0.3 is 15.0 Å². The second kappa shape index (κ2) is 6.80. The summed E-state index contributed by atoms with van der Waals surface area (Å²) in [5.41, 5.74) is 6.76. The van der Waals surface area contributed by atoms with Gasteiger partial charge in [-0.3, -0.25) is 0 Å². The van der Waals surface area contributed by atoms with Gasteiger partial charge in [0.05, 0.1) is 0 Å². The van der Waals surface area contributed by atoms with Gasteiger partial charge in [-0.05, 0) is 17.7 Å². The number of anilines is 1. The summed E-state index contributed by atoms with van der Waals surface area (Å²) in [5.74, 6) is 2.55. The van der Waals surface area contributed by atoms with E-state index in [0.717, 1.165) is 21.7 Å². The van der Waals surface area contributed by atoms with Crippen LogP contribution in [0, 0.1) is 0 Å². The van der Waals surface area contributed by atoms with E-state index in [1.807, 2.05) is 42.1 Å². The van der Waals surface area contributed by atoms with E-state index in [2.05, 4.69) is 15.2 Å². The molecule has 2 aromatic heterocycles. The Morgan fingerprint density at radius 2 is 2.09 bits per heavy atom. The lowest BCUT2D eigenvalue weighted by atomic mass is 10.2. The van der Waals surface area contributed by atoms with E-state index in [9.17, 15) is 0 Å². The number of nitrogens with two attached hydrogens (primary N) is 1. The first-order valence-corrected chi connectivity index (χ1v) is 8.40. The van der Waals surface area contributed by atoms with Gasteiger partial charge in [0, 0.05) is 25.2 Å². The van der Waals surface area contributed by atoms with Crippen LogP contribution in [0.4, 0.5) is 5.13 Å². The van der Waals surface area contributed by atoms with E-state index in [0.29, 0.717) is 11.7 Å². The van der Waals surface area contributed by atoms with Crippen LogP contribution in [0.15, 0.2) is 41.0 Å². The minimum atomic E-state index is 0.460. The highest BCUT2D eigenvalue weighted by Gasteiger charge is 2.04. The van der Waals surface area contributed by atoms with Crippen molar-refractivity contribution >= 4 is 28.2 Å². The lowest BCUT2D eigenvalue weighted by molar-refractivity contribution is 0.292. The van der Waals surface area contributed by atoms with Gasteiger partial charge in [-0.15, -0.1) is 10.2 Å². The number of benzene rings is 1. The molecule has 3 rings (SSSR count). The molecule has 22 heavy (non-hydrogen) atoms. The van der Waals surface area contributed by atoms with Gasteiger partial charge in [-0.1, -0.05) is 35.2 Å². The summed E-state index contributed by atoms with van der Waals surface area (Å²) in [6.07, 6.45) is 3.67. The number of ether oxygens (including phenoxy) is 1. The standard InChI is InChI=1S/C14H15N5OS2/c1-19-7-6-16-12(19)8-20-11-4-2-10(3-5-11)9-21-14-18-17-13(15)22-14/h2-7H,8-9H2,1H3,(H2,15,17). The smallest absolute Gasteiger partial charge is 0.203 e. The zero-order valence-electron chi connectivity index (χ0n) is 12.0. The fourth-order valence-corrected chi connectivity index (χ4v) is 3.38. The monoisotopic (exact) mass is 333 g/mol. The first-order chi connectivity index (χ1) is 10.7. The van der Waals surface area contributed by atoms with Crippen LogP contribution in [0.25, 0.3) is 0 Å². The summed E-state index contributed by atoms with van der Waals surface area (Å²) in [6, 6.07) is 8.02. The molecule has 3 aromatic rings. The topological polar surface area (TPSA) is 78.8 Å². The Morgan fingerprint density at radius 1 is 1.27 bits per heavy atom. The molecule has 0 amide bonds. The van der Waals surface area contributed by atoms with Crippen molar-refractivity contribution in [3.05, 3.63) is 48.0 Å². The van der Waals surface area contributed by atoms with Gasteiger partial charge in [0.2, 0.25) is 5.13 Å². The molecule has 2 N–H and O–H groups in total. The van der Waals surface area contributed by atoms with Crippen molar-refractivity contribution in [2.24, 2.45) is 7.05 Å². The van der Waals surface area contributed by atoms with E-state index in [4.69, 9.17) is 10.5 Å². The number of nitrogen functional groups attached to an aromatic ring is 1. The van der Waals surface area contributed by atoms with Crippen molar-refractivity contribution < 1.29 is 4.74 Å². The number of aryl methyl sites for hydroxylation is 1. The maximum Gasteiger partial charge on any atom is 0.203 e. The zero-order valence-corrected chi connectivity index (χ0v) is 13.6. The average Bonchev–Trinajstić information content (AvgIpc) is 3.12. The van der Waals surface area contributed by atoms with Crippen molar-refractivity contribution in [2.75, 3.05) is 5.73 Å². The highest BCUT2D eigenvalue weighted by molar-refractivity contribution is 8.00. The molecule has 0 atom stereocenters. The molecule has 0 aliphatic heterocycles. The Bertz CT molecular complexity index is 738. The Hall–Kier alpha value is -2.06. The number of nitrogens with zero attached hydrogens (tertiary/aromatic N) is 4. The Balaban J connectivity index is 1.52. The molecule has 114 valence electrons. The average molecular weight is 333 g/mol. The molecule has 0 unspecified atom stereocenters. The predicted molar refractivity (Wildman–Crippen MR) is 87.9 cm³/mol. The minimum absolute atomic E-state index is 0.460. The SMILES string of the molecule is Cn1ccnc1COc1ccc(CSc2nnc(N)s2)cc1. The number of hydrogen-bond donors (Lipinski definition) is 1. The summed E-state index contributed by atoms with van der Waals surface area (Å²) in [7, 11) is 1.95. The molecule has 2 heterocycles. The minimum Gasteiger partial charge on any atom is -0.486 e. The third-order valence-corrected chi connectivity index (χ3v) is 4.95. The molecule has 8 heteroatoms. The molecule has 0 aliphatic rings. The largest absolute Gasteiger partial charge is 0.486 e. The zero-order chi connectivity index (χ0) is 15.4. The summed E-state index contributed by atoms with van der Waals surface area (Å²) in [5, 5.41) is 8.28. The lowest BCUT2D eigenvalue weighted by Crippen LogP contribution is -2.02. The van der Waals surface area contributed by atoms with Crippen LogP contribution in [-0.2, 0) is 19.4 Å². The van der Waals surface area contributed by atoms with E-state index < -0.39 is 0 Å². The van der Waals surface area contributed by atoms with E-state index in [1.165, 1.54) is 16.9 Å². The van der Waals surface area contributed by atoms with Crippen LogP contribution in [0.3, 0.4) is 0 Å². The molecular weight excluding hydrogens is 318 g/mol. The van der Waals surface area contributed by atoms with Crippen LogP contribution in [0.5, 0.6) is 5.75 Å². The molecule has 0 spiro atoms. The third kappa shape index (κ3) is 3.77. The normalized spacial score (nSPS) is 10.8. The van der Waals surface area contributed by atoms with E-state index in [-0.39, 0.29) is 0 Å². The van der Waals surface area contributed by atoms with Gasteiger partial charge in [-0.25, -0.2) is 4.98 Å². The molecule has 1 aromatic carbocycles. The van der Waals surface area contributed by atoms with Crippen LogP contribution in [0.1, 0.15) is 11.4 Å². The van der Waals surface area contributed by atoms with Crippen molar-refractivity contribution in [3.63, 3.8) is 0 Å². The summed E-state index contributed by atoms with van der Waals surface area (Å²) >= 11 is 3.03. The van der Waals surface area contributed by atoms with Gasteiger partial charge in [0.1, 0.15) is 18.2 Å². The number of aromatic nitrogens is 4. The predicted octanol–water partition coefficient (Wildman–Crippen LogP) is 2.73. The fraction of sp³-hybridized carbons (Fsp3) is 0.214. The first kappa shape index (κ1) is 14.9. The highest BCUT2D eigenvalue weighted by Crippen LogP contribution is 2.27. The van der Waals surface area contributed by atoms with Crippen molar-refractivity contribution in [2.45, 2.75) is 16.7 Å².